The number of hydrogen-bond donors (Lipinski definition) is 3. The largest absolute Gasteiger partial charge is 0.508 e. The lowest BCUT2D eigenvalue weighted by Gasteiger charge is -2.07. The maximum atomic E-state index is 11.8. The SMILES string of the molecule is O=C(O)c1ccc(O)c(OC(=O)c2ccc(O)cc2)c1. The number of phenolic OH excluding ortho intramolecular Hbond substituents is 2. The molecule has 20 heavy (non-hydrogen) atoms. The number of carbonyl (C=O) groups excluding carboxylic acids is 1. The van der Waals surface area contributed by atoms with Crippen molar-refractivity contribution in [3.63, 3.8) is 0 Å². The number of aromatic hydroxyl groups is 2. The number of phenols is 2. The van der Waals surface area contributed by atoms with E-state index in [0.29, 0.717) is 0 Å². The van der Waals surface area contributed by atoms with Crippen LogP contribution in [0.3, 0.4) is 0 Å². The van der Waals surface area contributed by atoms with Gasteiger partial charge in [-0.3, -0.25) is 0 Å². The molecule has 102 valence electrons. The van der Waals surface area contributed by atoms with E-state index in [1.165, 1.54) is 30.3 Å². The van der Waals surface area contributed by atoms with Crippen LogP contribution in [-0.2, 0) is 0 Å². The van der Waals surface area contributed by atoms with Gasteiger partial charge in [0, 0.05) is 0 Å². The number of ether oxygens (including phenoxy) is 1. The third-order valence-electron chi connectivity index (χ3n) is 2.51. The molecule has 3 N–H and O–H groups in total. The first-order chi connectivity index (χ1) is 9.47. The van der Waals surface area contributed by atoms with Crippen LogP contribution in [0, 0.1) is 0 Å². The summed E-state index contributed by atoms with van der Waals surface area (Å²) < 4.78 is 4.93. The Morgan fingerprint density at radius 3 is 2.10 bits per heavy atom. The molecule has 6 heteroatoms. The van der Waals surface area contributed by atoms with Crippen LogP contribution in [0.4, 0.5) is 0 Å². The molecule has 2 aromatic rings. The van der Waals surface area contributed by atoms with Crippen LogP contribution in [0.5, 0.6) is 17.2 Å². The monoisotopic (exact) mass is 274 g/mol. The van der Waals surface area contributed by atoms with E-state index in [1.807, 2.05) is 0 Å². The van der Waals surface area contributed by atoms with Gasteiger partial charge < -0.3 is 20.1 Å². The zero-order valence-corrected chi connectivity index (χ0v) is 10.1. The van der Waals surface area contributed by atoms with Crippen molar-refractivity contribution in [2.75, 3.05) is 0 Å². The average molecular weight is 274 g/mol. The second-order valence-electron chi connectivity index (χ2n) is 3.92. The van der Waals surface area contributed by atoms with E-state index < -0.39 is 11.9 Å². The van der Waals surface area contributed by atoms with Gasteiger partial charge in [0.1, 0.15) is 5.75 Å². The van der Waals surface area contributed by atoms with E-state index in [-0.39, 0.29) is 28.4 Å². The van der Waals surface area contributed by atoms with E-state index in [9.17, 15) is 14.7 Å². The molecule has 0 radical (unpaired) electrons. The molecule has 0 fully saturated rings. The summed E-state index contributed by atoms with van der Waals surface area (Å²) in [5, 5.41) is 27.5. The summed E-state index contributed by atoms with van der Waals surface area (Å²) in [6.45, 7) is 0. The molecule has 0 bridgehead atoms. The first kappa shape index (κ1) is 13.4. The second kappa shape index (κ2) is 5.31. The summed E-state index contributed by atoms with van der Waals surface area (Å²) in [4.78, 5) is 22.6. The van der Waals surface area contributed by atoms with Gasteiger partial charge in [0.25, 0.3) is 0 Å². The molecule has 0 heterocycles. The van der Waals surface area contributed by atoms with Crippen LogP contribution in [0.25, 0.3) is 0 Å². The van der Waals surface area contributed by atoms with E-state index in [0.717, 1.165) is 12.1 Å². The Kier molecular flexibility index (Phi) is 3.56. The van der Waals surface area contributed by atoms with Crippen LogP contribution in [0.1, 0.15) is 20.7 Å². The number of esters is 1. The summed E-state index contributed by atoms with van der Waals surface area (Å²) in [7, 11) is 0. The molecular weight excluding hydrogens is 264 g/mol. The summed E-state index contributed by atoms with van der Waals surface area (Å²) in [5.41, 5.74) is 0.0410. The molecule has 0 atom stereocenters. The van der Waals surface area contributed by atoms with E-state index >= 15 is 0 Å². The second-order valence-corrected chi connectivity index (χ2v) is 3.92. The van der Waals surface area contributed by atoms with Gasteiger partial charge in [-0.25, -0.2) is 9.59 Å². The minimum atomic E-state index is -1.20. The molecule has 0 saturated heterocycles. The number of hydrogen-bond acceptors (Lipinski definition) is 5. The number of carboxylic acid groups (broad SMARTS) is 1. The Morgan fingerprint density at radius 2 is 1.50 bits per heavy atom. The first-order valence-corrected chi connectivity index (χ1v) is 5.55. The fourth-order valence-electron chi connectivity index (χ4n) is 1.49. The standard InChI is InChI=1S/C14H10O6/c15-10-4-1-8(2-5-10)14(19)20-12-7-9(13(17)18)3-6-11(12)16/h1-7,15-16H,(H,17,18). The Labute approximate surface area is 113 Å². The van der Waals surface area contributed by atoms with Gasteiger partial charge in [-0.2, -0.15) is 0 Å². The van der Waals surface area contributed by atoms with Crippen LogP contribution >= 0.6 is 0 Å². The lowest BCUT2D eigenvalue weighted by molar-refractivity contribution is 0.0686. The highest BCUT2D eigenvalue weighted by atomic mass is 16.5. The highest BCUT2D eigenvalue weighted by molar-refractivity contribution is 5.92. The van der Waals surface area contributed by atoms with E-state index in [4.69, 9.17) is 14.9 Å². The highest BCUT2D eigenvalue weighted by Crippen LogP contribution is 2.27. The van der Waals surface area contributed by atoms with Crippen LogP contribution in [-0.4, -0.2) is 27.3 Å². The third-order valence-corrected chi connectivity index (χ3v) is 2.51. The lowest BCUT2D eigenvalue weighted by Crippen LogP contribution is -2.09. The summed E-state index contributed by atoms with van der Waals surface area (Å²) in [6.07, 6.45) is 0. The summed E-state index contributed by atoms with van der Waals surface area (Å²) >= 11 is 0. The van der Waals surface area contributed by atoms with Crippen molar-refractivity contribution < 1.29 is 29.6 Å². The number of rotatable bonds is 3. The minimum absolute atomic E-state index is 0.00253. The van der Waals surface area contributed by atoms with Gasteiger partial charge in [0.15, 0.2) is 11.5 Å². The van der Waals surface area contributed by atoms with Crippen LogP contribution in [0.2, 0.25) is 0 Å². The van der Waals surface area contributed by atoms with E-state index in [2.05, 4.69) is 0 Å². The molecule has 0 aliphatic rings. The fourth-order valence-corrected chi connectivity index (χ4v) is 1.49. The highest BCUT2D eigenvalue weighted by Gasteiger charge is 2.14. The smallest absolute Gasteiger partial charge is 0.343 e. The molecular formula is C14H10O6. The fraction of sp³-hybridized carbons (Fsp3) is 0. The Morgan fingerprint density at radius 1 is 0.900 bits per heavy atom. The van der Waals surface area contributed by atoms with Gasteiger partial charge in [0.2, 0.25) is 0 Å². The molecule has 6 nitrogen and oxygen atoms in total. The number of benzene rings is 2. The number of aromatic carboxylic acids is 1. The predicted molar refractivity (Wildman–Crippen MR) is 68.1 cm³/mol. The van der Waals surface area contributed by atoms with Crippen molar-refractivity contribution >= 4 is 11.9 Å². The molecule has 0 unspecified atom stereocenters. The molecule has 0 aliphatic heterocycles. The van der Waals surface area contributed by atoms with Gasteiger partial charge in [-0.1, -0.05) is 0 Å². The van der Waals surface area contributed by atoms with Crippen molar-refractivity contribution in [2.24, 2.45) is 0 Å². The lowest BCUT2D eigenvalue weighted by atomic mass is 10.2. The third kappa shape index (κ3) is 2.86. The predicted octanol–water partition coefficient (Wildman–Crippen LogP) is 2.02. The summed E-state index contributed by atoms with van der Waals surface area (Å²) in [6, 6.07) is 8.67. The topological polar surface area (TPSA) is 104 Å². The molecule has 0 saturated carbocycles. The number of carboxylic acids is 1. The van der Waals surface area contributed by atoms with Crippen molar-refractivity contribution in [3.05, 3.63) is 53.6 Å². The number of carbonyl (C=O) groups is 2. The molecule has 2 rings (SSSR count). The van der Waals surface area contributed by atoms with Crippen molar-refractivity contribution in [1.82, 2.24) is 0 Å². The molecule has 0 spiro atoms. The summed E-state index contributed by atoms with van der Waals surface area (Å²) in [5.74, 6) is -2.57. The van der Waals surface area contributed by atoms with Crippen molar-refractivity contribution in [3.8, 4) is 17.2 Å². The first-order valence-electron chi connectivity index (χ1n) is 5.55. The average Bonchev–Trinajstić information content (AvgIpc) is 2.41. The van der Waals surface area contributed by atoms with Gasteiger partial charge in [-0.15, -0.1) is 0 Å². The molecule has 0 aliphatic carbocycles. The Balaban J connectivity index is 2.25. The molecule has 0 aromatic heterocycles. The normalized spacial score (nSPS) is 10.0. The van der Waals surface area contributed by atoms with Crippen LogP contribution < -0.4 is 4.74 Å². The maximum Gasteiger partial charge on any atom is 0.343 e. The molecule has 0 amide bonds. The Bertz CT molecular complexity index is 660. The molecule has 2 aromatic carbocycles. The zero-order chi connectivity index (χ0) is 14.7. The Hall–Kier alpha value is -3.02. The maximum absolute atomic E-state index is 11.8. The quantitative estimate of drug-likeness (QED) is 0.584. The van der Waals surface area contributed by atoms with Gasteiger partial charge in [0.05, 0.1) is 11.1 Å². The minimum Gasteiger partial charge on any atom is -0.508 e. The van der Waals surface area contributed by atoms with Crippen LogP contribution in [0.15, 0.2) is 42.5 Å². The van der Waals surface area contributed by atoms with Gasteiger partial charge in [-0.05, 0) is 42.5 Å². The van der Waals surface area contributed by atoms with Crippen molar-refractivity contribution in [1.29, 1.82) is 0 Å². The van der Waals surface area contributed by atoms with Gasteiger partial charge >= 0.3 is 11.9 Å². The van der Waals surface area contributed by atoms with Crippen molar-refractivity contribution in [2.45, 2.75) is 0 Å². The zero-order valence-electron chi connectivity index (χ0n) is 10.1. The van der Waals surface area contributed by atoms with E-state index in [1.54, 1.807) is 0 Å².